The van der Waals surface area contributed by atoms with E-state index < -0.39 is 0 Å². The first-order chi connectivity index (χ1) is 12.0. The van der Waals surface area contributed by atoms with Crippen LogP contribution in [0, 0.1) is 5.92 Å². The second-order valence-electron chi connectivity index (χ2n) is 6.38. The SMILES string of the molecule is CCCCc1cc(=O)n(CC(=O)N2CCCC(C(=O)OCC)C2)cn1. The van der Waals surface area contributed by atoms with Crippen molar-refractivity contribution in [3.63, 3.8) is 0 Å². The van der Waals surface area contributed by atoms with Gasteiger partial charge in [-0.05, 0) is 32.6 Å². The molecule has 1 aliphatic rings. The van der Waals surface area contributed by atoms with Crippen molar-refractivity contribution in [2.75, 3.05) is 19.7 Å². The molecule has 2 heterocycles. The first-order valence-electron chi connectivity index (χ1n) is 9.04. The maximum Gasteiger partial charge on any atom is 0.310 e. The maximum atomic E-state index is 12.5. The zero-order valence-electron chi connectivity index (χ0n) is 15.1. The average Bonchev–Trinajstić information content (AvgIpc) is 2.62. The van der Waals surface area contributed by atoms with Gasteiger partial charge in [0.2, 0.25) is 5.91 Å². The van der Waals surface area contributed by atoms with Gasteiger partial charge in [-0.2, -0.15) is 0 Å². The molecule has 0 spiro atoms. The molecule has 1 aromatic rings. The van der Waals surface area contributed by atoms with Gasteiger partial charge in [0.25, 0.3) is 5.56 Å². The zero-order chi connectivity index (χ0) is 18.2. The number of aromatic nitrogens is 2. The summed E-state index contributed by atoms with van der Waals surface area (Å²) in [6.45, 7) is 5.11. The third kappa shape index (κ3) is 5.41. The summed E-state index contributed by atoms with van der Waals surface area (Å²) in [5.74, 6) is -0.692. The number of hydrogen-bond acceptors (Lipinski definition) is 5. The fraction of sp³-hybridized carbons (Fsp3) is 0.667. The molecule has 1 saturated heterocycles. The monoisotopic (exact) mass is 349 g/mol. The third-order valence-corrected chi connectivity index (χ3v) is 4.42. The second-order valence-corrected chi connectivity index (χ2v) is 6.38. The smallest absolute Gasteiger partial charge is 0.310 e. The van der Waals surface area contributed by atoms with Crippen LogP contribution in [0.1, 0.15) is 45.2 Å². The first-order valence-corrected chi connectivity index (χ1v) is 9.04. The molecule has 138 valence electrons. The van der Waals surface area contributed by atoms with Gasteiger partial charge in [-0.25, -0.2) is 4.98 Å². The molecule has 1 amide bonds. The van der Waals surface area contributed by atoms with E-state index in [0.717, 1.165) is 37.8 Å². The van der Waals surface area contributed by atoms with E-state index in [1.807, 2.05) is 0 Å². The van der Waals surface area contributed by atoms with E-state index in [9.17, 15) is 14.4 Å². The number of rotatable bonds is 7. The van der Waals surface area contributed by atoms with Crippen LogP contribution in [0.15, 0.2) is 17.2 Å². The zero-order valence-corrected chi connectivity index (χ0v) is 15.1. The highest BCUT2D eigenvalue weighted by Crippen LogP contribution is 2.18. The summed E-state index contributed by atoms with van der Waals surface area (Å²) in [6, 6.07) is 1.50. The molecule has 0 aliphatic carbocycles. The van der Waals surface area contributed by atoms with Crippen LogP contribution in [-0.4, -0.2) is 46.0 Å². The lowest BCUT2D eigenvalue weighted by Gasteiger charge is -2.31. The van der Waals surface area contributed by atoms with Crippen LogP contribution in [0.2, 0.25) is 0 Å². The van der Waals surface area contributed by atoms with Crippen LogP contribution in [-0.2, 0) is 27.3 Å². The molecule has 25 heavy (non-hydrogen) atoms. The van der Waals surface area contributed by atoms with E-state index in [2.05, 4.69) is 11.9 Å². The van der Waals surface area contributed by atoms with Gasteiger partial charge in [-0.15, -0.1) is 0 Å². The van der Waals surface area contributed by atoms with Gasteiger partial charge in [-0.1, -0.05) is 13.3 Å². The van der Waals surface area contributed by atoms with Crippen molar-refractivity contribution in [3.05, 3.63) is 28.4 Å². The lowest BCUT2D eigenvalue weighted by Crippen LogP contribution is -2.45. The van der Waals surface area contributed by atoms with Crippen LogP contribution in [0.5, 0.6) is 0 Å². The number of aryl methyl sites for hydroxylation is 1. The predicted molar refractivity (Wildman–Crippen MR) is 93.0 cm³/mol. The molecule has 0 aromatic carbocycles. The van der Waals surface area contributed by atoms with Crippen molar-refractivity contribution >= 4 is 11.9 Å². The summed E-state index contributed by atoms with van der Waals surface area (Å²) in [6.07, 6.45) is 5.73. The Bertz CT molecular complexity index is 656. The van der Waals surface area contributed by atoms with Gasteiger partial charge in [0.15, 0.2) is 0 Å². The summed E-state index contributed by atoms with van der Waals surface area (Å²) in [5.41, 5.74) is 0.546. The van der Waals surface area contributed by atoms with Gasteiger partial charge in [0.1, 0.15) is 6.54 Å². The lowest BCUT2D eigenvalue weighted by molar-refractivity contribution is -0.151. The van der Waals surface area contributed by atoms with Gasteiger partial charge < -0.3 is 9.64 Å². The topological polar surface area (TPSA) is 81.5 Å². The van der Waals surface area contributed by atoms with Crippen LogP contribution < -0.4 is 5.56 Å². The molecule has 0 saturated carbocycles. The normalized spacial score (nSPS) is 17.4. The molecule has 1 fully saturated rings. The number of nitrogens with zero attached hydrogens (tertiary/aromatic N) is 3. The fourth-order valence-corrected chi connectivity index (χ4v) is 2.98. The molecule has 1 aliphatic heterocycles. The Hall–Kier alpha value is -2.18. The van der Waals surface area contributed by atoms with Crippen molar-refractivity contribution in [1.29, 1.82) is 0 Å². The van der Waals surface area contributed by atoms with E-state index in [-0.39, 0.29) is 29.9 Å². The number of carbonyl (C=O) groups is 2. The number of ether oxygens (including phenoxy) is 1. The van der Waals surface area contributed by atoms with E-state index >= 15 is 0 Å². The minimum absolute atomic E-state index is 0.0462. The Kier molecular flexibility index (Phi) is 7.16. The highest BCUT2D eigenvalue weighted by atomic mass is 16.5. The Morgan fingerprint density at radius 3 is 2.84 bits per heavy atom. The van der Waals surface area contributed by atoms with Gasteiger partial charge in [-0.3, -0.25) is 19.0 Å². The molecular weight excluding hydrogens is 322 g/mol. The number of carbonyl (C=O) groups excluding carboxylic acids is 2. The second kappa shape index (κ2) is 9.34. The molecule has 7 heteroatoms. The number of esters is 1. The van der Waals surface area contributed by atoms with Crippen molar-refractivity contribution in [3.8, 4) is 0 Å². The van der Waals surface area contributed by atoms with E-state index in [1.165, 1.54) is 17.0 Å². The molecule has 0 N–H and O–H groups in total. The van der Waals surface area contributed by atoms with Gasteiger partial charge in [0, 0.05) is 24.8 Å². The number of amides is 1. The van der Waals surface area contributed by atoms with Crippen LogP contribution in [0.3, 0.4) is 0 Å². The lowest BCUT2D eigenvalue weighted by atomic mass is 9.98. The minimum atomic E-state index is -0.274. The summed E-state index contributed by atoms with van der Waals surface area (Å²) >= 11 is 0. The average molecular weight is 349 g/mol. The number of likely N-dealkylation sites (tertiary alicyclic amines) is 1. The summed E-state index contributed by atoms with van der Waals surface area (Å²) in [4.78, 5) is 42.4. The quantitative estimate of drug-likeness (QED) is 0.695. The summed E-state index contributed by atoms with van der Waals surface area (Å²) in [5, 5.41) is 0. The molecule has 1 atom stereocenters. The van der Waals surface area contributed by atoms with Crippen molar-refractivity contribution in [2.24, 2.45) is 5.92 Å². The predicted octanol–water partition coefficient (Wildman–Crippen LogP) is 1.39. The summed E-state index contributed by atoms with van der Waals surface area (Å²) < 4.78 is 6.38. The van der Waals surface area contributed by atoms with Crippen LogP contribution >= 0.6 is 0 Å². The van der Waals surface area contributed by atoms with Crippen LogP contribution in [0.4, 0.5) is 0 Å². The maximum absolute atomic E-state index is 12.5. The van der Waals surface area contributed by atoms with E-state index in [0.29, 0.717) is 19.7 Å². The highest BCUT2D eigenvalue weighted by molar-refractivity contribution is 5.78. The number of unbranched alkanes of at least 4 members (excludes halogenated alkanes) is 1. The largest absolute Gasteiger partial charge is 0.466 e. The molecular formula is C18H27N3O4. The van der Waals surface area contributed by atoms with Crippen molar-refractivity contribution in [2.45, 2.75) is 52.5 Å². The Balaban J connectivity index is 1.97. The van der Waals surface area contributed by atoms with Crippen LogP contribution in [0.25, 0.3) is 0 Å². The van der Waals surface area contributed by atoms with E-state index in [4.69, 9.17) is 4.74 Å². The van der Waals surface area contributed by atoms with E-state index in [1.54, 1.807) is 11.8 Å². The number of piperidine rings is 1. The minimum Gasteiger partial charge on any atom is -0.466 e. The highest BCUT2D eigenvalue weighted by Gasteiger charge is 2.29. The van der Waals surface area contributed by atoms with Gasteiger partial charge in [0.05, 0.1) is 18.9 Å². The Morgan fingerprint density at radius 2 is 2.16 bits per heavy atom. The molecule has 1 unspecified atom stereocenters. The molecule has 0 bridgehead atoms. The molecule has 0 radical (unpaired) electrons. The fourth-order valence-electron chi connectivity index (χ4n) is 2.98. The third-order valence-electron chi connectivity index (χ3n) is 4.42. The molecule has 1 aromatic heterocycles. The van der Waals surface area contributed by atoms with Crippen molar-refractivity contribution in [1.82, 2.24) is 14.5 Å². The number of hydrogen-bond donors (Lipinski definition) is 0. The Labute approximate surface area is 148 Å². The molecule has 2 rings (SSSR count). The van der Waals surface area contributed by atoms with Gasteiger partial charge >= 0.3 is 5.97 Å². The Morgan fingerprint density at radius 1 is 1.36 bits per heavy atom. The van der Waals surface area contributed by atoms with Crippen molar-refractivity contribution < 1.29 is 14.3 Å². The first kappa shape index (κ1) is 19.1. The molecule has 7 nitrogen and oxygen atoms in total. The standard InChI is InChI=1S/C18H27N3O4/c1-3-5-8-15-10-16(22)21(13-19-15)12-17(23)20-9-6-7-14(11-20)18(24)25-4-2/h10,13-14H,3-9,11-12H2,1-2H3. The summed E-state index contributed by atoms with van der Waals surface area (Å²) in [7, 11) is 0.